The van der Waals surface area contributed by atoms with Crippen LogP contribution in [-0.2, 0) is 22.4 Å². The summed E-state index contributed by atoms with van der Waals surface area (Å²) in [7, 11) is 0. The summed E-state index contributed by atoms with van der Waals surface area (Å²) in [4.78, 5) is 47.9. The molecule has 534 valence electrons. The van der Waals surface area contributed by atoms with Crippen molar-refractivity contribution < 1.29 is 9.59 Å². The maximum atomic E-state index is 15.4. The lowest BCUT2D eigenvalue weighted by atomic mass is 10.0. The molecule has 2 aliphatic heterocycles. The van der Waals surface area contributed by atoms with Crippen LogP contribution in [0.3, 0.4) is 0 Å². The predicted molar refractivity (Wildman–Crippen MR) is 439 cm³/mol. The van der Waals surface area contributed by atoms with Gasteiger partial charge in [-0.15, -0.1) is 79.4 Å². The molecule has 7 aromatic rings. The van der Waals surface area contributed by atoms with Gasteiger partial charge in [0.1, 0.15) is 0 Å². The minimum Gasteiger partial charge on any atom is -0.306 e. The number of nitrogens with zero attached hydrogens (tertiary/aromatic N) is 2. The predicted octanol–water partition coefficient (Wildman–Crippen LogP) is 31.0. The van der Waals surface area contributed by atoms with Crippen LogP contribution in [0.4, 0.5) is 0 Å². The first-order valence-corrected chi connectivity index (χ1v) is 45.9. The third-order valence-electron chi connectivity index (χ3n) is 20.9. The van der Waals surface area contributed by atoms with E-state index in [0.717, 1.165) is 53.3 Å². The quantitative estimate of drug-likeness (QED) is 0.0357. The van der Waals surface area contributed by atoms with E-state index in [2.05, 4.69) is 124 Å². The van der Waals surface area contributed by atoms with Crippen LogP contribution in [0.25, 0.3) is 59.5 Å². The van der Waals surface area contributed by atoms with Crippen LogP contribution in [0.1, 0.15) is 354 Å². The lowest BCUT2D eigenvalue weighted by Crippen LogP contribution is -2.30. The number of amides is 2. The van der Waals surface area contributed by atoms with E-state index in [4.69, 9.17) is 0 Å². The number of hydrogen-bond acceptors (Lipinski definition) is 9. The normalized spacial score (nSPS) is 13.6. The Balaban J connectivity index is 0.961. The van der Waals surface area contributed by atoms with Crippen molar-refractivity contribution >= 4 is 121 Å². The van der Waals surface area contributed by atoms with E-state index >= 15 is 9.59 Å². The van der Waals surface area contributed by atoms with Crippen molar-refractivity contribution in [2.24, 2.45) is 0 Å². The van der Waals surface area contributed by atoms with Crippen molar-refractivity contribution in [1.29, 1.82) is 0 Å². The Bertz CT molecular complexity index is 3470. The number of fused-ring (bicyclic) bond motifs is 4. The molecule has 4 nitrogen and oxygen atoms in total. The summed E-state index contributed by atoms with van der Waals surface area (Å²) in [6, 6.07) is 18.4. The summed E-state index contributed by atoms with van der Waals surface area (Å²) < 4.78 is 6.19. The first kappa shape index (κ1) is 78.0. The average Bonchev–Trinajstić information content (AvgIpc) is 1.57. The van der Waals surface area contributed by atoms with Crippen LogP contribution in [0, 0.1) is 13.8 Å². The van der Waals surface area contributed by atoms with Gasteiger partial charge < -0.3 is 9.80 Å². The minimum atomic E-state index is 0.0205. The molecule has 9 heterocycles. The zero-order chi connectivity index (χ0) is 67.8. The molecule has 0 saturated heterocycles. The zero-order valence-electron chi connectivity index (χ0n) is 61.5. The highest BCUT2D eigenvalue weighted by Gasteiger charge is 2.49. The summed E-state index contributed by atoms with van der Waals surface area (Å²) in [6.45, 7) is 14.9. The third kappa shape index (κ3) is 22.9. The first-order valence-electron chi connectivity index (χ1n) is 40.2. The number of unbranched alkanes of at least 4 members (excludes halogenated alkanes) is 42. The molecule has 7 aromatic heterocycles. The lowest BCUT2D eigenvalue weighted by molar-refractivity contribution is -0.124. The molecule has 0 aliphatic carbocycles. The smallest absolute Gasteiger partial charge is 0.261 e. The second-order valence-electron chi connectivity index (χ2n) is 29.1. The topological polar surface area (TPSA) is 40.6 Å². The highest BCUT2D eigenvalue weighted by molar-refractivity contribution is 7.41. The Morgan fingerprint density at radius 1 is 0.258 bits per heavy atom. The van der Waals surface area contributed by atoms with Gasteiger partial charge in [0.15, 0.2) is 0 Å². The fourth-order valence-corrected chi connectivity index (χ4v) is 24.0. The molecular weight excluding hydrogens is 1320 g/mol. The number of aryl methyl sites for hydroxylation is 4. The third-order valence-corrected chi connectivity index (χ3v) is 29.8. The zero-order valence-corrected chi connectivity index (χ0v) is 67.3. The Hall–Kier alpha value is -3.16. The molecule has 0 N–H and O–H groups in total. The van der Waals surface area contributed by atoms with Crippen LogP contribution in [0.2, 0.25) is 0 Å². The summed E-state index contributed by atoms with van der Waals surface area (Å²) in [5, 5.41) is 0. The fourth-order valence-electron chi connectivity index (χ4n) is 15.2. The highest BCUT2D eigenvalue weighted by atomic mass is 32.1. The van der Waals surface area contributed by atoms with Gasteiger partial charge in [0.25, 0.3) is 11.8 Å². The van der Waals surface area contributed by atoms with Crippen LogP contribution in [-0.4, -0.2) is 34.7 Å². The van der Waals surface area contributed by atoms with Crippen LogP contribution >= 0.6 is 79.4 Å². The molecular formula is C86H126N2O2S7. The van der Waals surface area contributed by atoms with Gasteiger partial charge in [-0.3, -0.25) is 9.59 Å². The molecule has 0 unspecified atom stereocenters. The summed E-state index contributed by atoms with van der Waals surface area (Å²) in [6.07, 6.45) is 63.1. The fraction of sp³-hybridized carbons (Fsp3) is 0.651. The maximum absolute atomic E-state index is 15.4. The lowest BCUT2D eigenvalue weighted by Gasteiger charge is -2.24. The van der Waals surface area contributed by atoms with Gasteiger partial charge in [-0.25, -0.2) is 0 Å². The molecule has 0 radical (unpaired) electrons. The van der Waals surface area contributed by atoms with E-state index in [0.29, 0.717) is 24.2 Å². The van der Waals surface area contributed by atoms with Gasteiger partial charge in [-0.2, -0.15) is 0 Å². The second-order valence-corrected chi connectivity index (χ2v) is 36.9. The molecule has 2 aliphatic rings. The van der Waals surface area contributed by atoms with E-state index < -0.39 is 0 Å². The molecule has 97 heavy (non-hydrogen) atoms. The van der Waals surface area contributed by atoms with Gasteiger partial charge >= 0.3 is 0 Å². The van der Waals surface area contributed by atoms with Gasteiger partial charge in [0.05, 0.1) is 51.1 Å². The van der Waals surface area contributed by atoms with E-state index in [9.17, 15) is 0 Å². The van der Waals surface area contributed by atoms with Gasteiger partial charge in [-0.05, 0) is 112 Å². The second kappa shape index (κ2) is 43.7. The number of hydrogen-bond donors (Lipinski definition) is 0. The van der Waals surface area contributed by atoms with Crippen molar-refractivity contribution in [3.8, 4) is 29.3 Å². The number of rotatable bonds is 55. The summed E-state index contributed by atoms with van der Waals surface area (Å²) in [5.41, 5.74) is 6.22. The van der Waals surface area contributed by atoms with E-state index in [1.54, 1.807) is 43.2 Å². The average molecular weight is 1440 g/mol. The molecule has 0 saturated carbocycles. The summed E-state index contributed by atoms with van der Waals surface area (Å²) in [5.74, 6) is 0.0410. The van der Waals surface area contributed by atoms with Crippen molar-refractivity contribution in [3.05, 3.63) is 90.3 Å². The molecule has 0 fully saturated rings. The molecule has 0 aromatic carbocycles. The van der Waals surface area contributed by atoms with Crippen molar-refractivity contribution in [2.75, 3.05) is 13.1 Å². The number of thiophene rings is 7. The van der Waals surface area contributed by atoms with E-state index in [1.165, 1.54) is 325 Å². The molecule has 2 amide bonds. The summed E-state index contributed by atoms with van der Waals surface area (Å²) >= 11 is 13.8. The Labute approximate surface area is 618 Å². The standard InChI is InChI=1S/C86H126N2O2S7/c1-7-11-15-19-23-27-31-33-35-37-41-45-49-53-67-79(73-58-56-66(6)92-73)95-83-81(67)97-82-68(54-50-46-42-38-36-34-32-28-24-20-16-12-8-2)80(96-84(82)83)74-62-60-70(94-74)69-59-61-72(93-69)78-76-75(85(89)88(78)64-52-48-44-40-30-26-22-18-14-10-4)77(71-57-55-65(5)91-71)87(86(76)90)63-51-47-43-39-29-25-21-17-13-9-3/h55-62H,7-54,63-64H2,1-6H3. The molecule has 0 bridgehead atoms. The maximum Gasteiger partial charge on any atom is 0.261 e. The largest absolute Gasteiger partial charge is 0.306 e. The van der Waals surface area contributed by atoms with Crippen molar-refractivity contribution in [3.63, 3.8) is 0 Å². The Morgan fingerprint density at radius 2 is 0.515 bits per heavy atom. The van der Waals surface area contributed by atoms with Gasteiger partial charge in [0, 0.05) is 52.1 Å². The van der Waals surface area contributed by atoms with Crippen LogP contribution in [0.15, 0.2) is 59.7 Å². The first-order chi connectivity index (χ1) is 47.8. The van der Waals surface area contributed by atoms with E-state index in [1.807, 2.05) is 32.5 Å². The van der Waals surface area contributed by atoms with Gasteiger partial charge in [0.2, 0.25) is 0 Å². The van der Waals surface area contributed by atoms with Crippen LogP contribution in [0.5, 0.6) is 0 Å². The number of carbonyl (C=O) groups excluding carboxylic acids is 2. The Kier molecular flexibility index (Phi) is 35.1. The molecule has 0 atom stereocenters. The van der Waals surface area contributed by atoms with Crippen molar-refractivity contribution in [1.82, 2.24) is 9.80 Å². The van der Waals surface area contributed by atoms with Crippen LogP contribution < -0.4 is 0 Å². The highest BCUT2D eigenvalue weighted by Crippen LogP contribution is 2.56. The molecule has 11 heteroatoms. The van der Waals surface area contributed by atoms with Gasteiger partial charge in [-0.1, -0.05) is 297 Å². The number of carbonyl (C=O) groups is 2. The molecule has 0 spiro atoms. The SMILES string of the molecule is CCCCCCCCCCCCCCCc1c(-c2ccc(C)s2)sc2c1sc1c(CCCCCCCCCCCCCCC)c(-c3ccc(-c4ccc(C5=C6C(=O)N(CCCCCCCCCCCC)C(c7ccc(C)s7)=C6C(=O)N5CCCCCCCCCCCC)s4)s3)sc12. The Morgan fingerprint density at radius 3 is 0.845 bits per heavy atom. The monoisotopic (exact) mass is 1440 g/mol. The minimum absolute atomic E-state index is 0.0205. The molecule has 9 rings (SSSR count). The van der Waals surface area contributed by atoms with Crippen molar-refractivity contribution in [2.45, 2.75) is 350 Å². The van der Waals surface area contributed by atoms with E-state index in [-0.39, 0.29) is 11.8 Å².